The van der Waals surface area contributed by atoms with Crippen LogP contribution in [0.25, 0.3) is 5.69 Å². The molecule has 0 aliphatic heterocycles. The minimum absolute atomic E-state index is 0.00676. The third-order valence-corrected chi connectivity index (χ3v) is 4.36. The van der Waals surface area contributed by atoms with E-state index in [1.807, 2.05) is 51.1 Å². The number of fused-ring (bicyclic) bond motifs is 1. The minimum atomic E-state index is 0.00676. The summed E-state index contributed by atoms with van der Waals surface area (Å²) >= 11 is 0. The quantitative estimate of drug-likeness (QED) is 0.845. The number of aromatic nitrogens is 1. The molecule has 22 heavy (non-hydrogen) atoms. The van der Waals surface area contributed by atoms with Gasteiger partial charge < -0.3 is 0 Å². The summed E-state index contributed by atoms with van der Waals surface area (Å²) in [4.78, 5) is 25.2. The Morgan fingerprint density at radius 3 is 2.36 bits per heavy atom. The molecule has 2 aromatic rings. The van der Waals surface area contributed by atoms with Crippen LogP contribution < -0.4 is 5.56 Å². The van der Waals surface area contributed by atoms with Gasteiger partial charge in [-0.15, -0.1) is 0 Å². The zero-order valence-electron chi connectivity index (χ0n) is 13.3. The molecule has 0 fully saturated rings. The maximum absolute atomic E-state index is 12.9. The van der Waals surface area contributed by atoms with Crippen LogP contribution in [0.4, 0.5) is 0 Å². The third kappa shape index (κ3) is 2.41. The first-order valence-corrected chi connectivity index (χ1v) is 7.88. The van der Waals surface area contributed by atoms with Gasteiger partial charge in [-0.25, -0.2) is 0 Å². The van der Waals surface area contributed by atoms with E-state index in [9.17, 15) is 9.59 Å². The first-order valence-electron chi connectivity index (χ1n) is 7.88. The predicted octanol–water partition coefficient (Wildman–Crippen LogP) is 3.79. The van der Waals surface area contributed by atoms with Crippen LogP contribution in [-0.4, -0.2) is 10.4 Å². The van der Waals surface area contributed by atoms with Crippen LogP contribution in [0.5, 0.6) is 0 Å². The lowest BCUT2D eigenvalue weighted by atomic mass is 9.91. The second-order valence-electron chi connectivity index (χ2n) is 6.37. The number of ketones is 1. The molecule has 3 nitrogen and oxygen atoms in total. The van der Waals surface area contributed by atoms with Crippen molar-refractivity contribution in [3.63, 3.8) is 0 Å². The summed E-state index contributed by atoms with van der Waals surface area (Å²) < 4.78 is 1.75. The summed E-state index contributed by atoms with van der Waals surface area (Å²) in [5, 5.41) is 0. The number of nitrogens with zero attached hydrogens (tertiary/aromatic N) is 1. The van der Waals surface area contributed by atoms with E-state index in [1.165, 1.54) is 0 Å². The summed E-state index contributed by atoms with van der Waals surface area (Å²) in [6.07, 6.45) is 2.18. The van der Waals surface area contributed by atoms with Crippen molar-refractivity contribution in [1.82, 2.24) is 4.57 Å². The number of hydrogen-bond acceptors (Lipinski definition) is 2. The van der Waals surface area contributed by atoms with Crippen molar-refractivity contribution < 1.29 is 4.79 Å². The van der Waals surface area contributed by atoms with E-state index in [0.717, 1.165) is 40.9 Å². The number of Topliss-reactive ketones (excluding diaryl/α,β-unsaturated/α-hetero) is 1. The molecule has 0 unspecified atom stereocenters. The molecule has 1 heterocycles. The smallest absolute Gasteiger partial charge is 0.258 e. The standard InChI is InChI=1S/C19H21NO2/c1-12(2)15-11-16-17(5-4-6-18(16)21)20(19(15)22)14-9-7-13(3)8-10-14/h7-12H,4-6H2,1-3H3. The lowest BCUT2D eigenvalue weighted by molar-refractivity contribution is 0.0970. The second kappa shape index (κ2) is 5.56. The molecular weight excluding hydrogens is 274 g/mol. The first kappa shape index (κ1) is 14.8. The highest BCUT2D eigenvalue weighted by Crippen LogP contribution is 2.25. The van der Waals surface area contributed by atoms with Crippen molar-refractivity contribution in [2.75, 3.05) is 0 Å². The number of hydrogen-bond donors (Lipinski definition) is 0. The zero-order chi connectivity index (χ0) is 15.9. The number of aryl methyl sites for hydroxylation is 1. The predicted molar refractivity (Wildman–Crippen MR) is 88.1 cm³/mol. The molecule has 0 amide bonds. The van der Waals surface area contributed by atoms with Crippen molar-refractivity contribution in [3.05, 3.63) is 63.1 Å². The summed E-state index contributed by atoms with van der Waals surface area (Å²) in [6, 6.07) is 9.75. The topological polar surface area (TPSA) is 39.1 Å². The van der Waals surface area contributed by atoms with Gasteiger partial charge in [-0.05, 0) is 43.9 Å². The maximum Gasteiger partial charge on any atom is 0.258 e. The molecule has 1 aromatic heterocycles. The Bertz CT molecular complexity index is 782. The van der Waals surface area contributed by atoms with Gasteiger partial charge in [0.2, 0.25) is 0 Å². The molecule has 0 saturated heterocycles. The van der Waals surface area contributed by atoms with E-state index in [0.29, 0.717) is 6.42 Å². The van der Waals surface area contributed by atoms with Gasteiger partial charge >= 0.3 is 0 Å². The summed E-state index contributed by atoms with van der Waals surface area (Å²) in [7, 11) is 0. The van der Waals surface area contributed by atoms with Gasteiger partial charge in [-0.2, -0.15) is 0 Å². The summed E-state index contributed by atoms with van der Waals surface area (Å²) in [5.74, 6) is 0.258. The Labute approximate surface area is 130 Å². The number of pyridine rings is 1. The van der Waals surface area contributed by atoms with Crippen LogP contribution in [0.15, 0.2) is 35.1 Å². The fraction of sp³-hybridized carbons (Fsp3) is 0.368. The molecule has 114 valence electrons. The third-order valence-electron chi connectivity index (χ3n) is 4.36. The Balaban J connectivity index is 2.34. The van der Waals surface area contributed by atoms with Crippen molar-refractivity contribution in [1.29, 1.82) is 0 Å². The average Bonchev–Trinajstić information content (AvgIpc) is 2.48. The van der Waals surface area contributed by atoms with E-state index in [-0.39, 0.29) is 17.3 Å². The maximum atomic E-state index is 12.9. The number of benzene rings is 1. The zero-order valence-corrected chi connectivity index (χ0v) is 13.3. The number of rotatable bonds is 2. The van der Waals surface area contributed by atoms with E-state index in [4.69, 9.17) is 0 Å². The van der Waals surface area contributed by atoms with Crippen LogP contribution in [0.1, 0.15) is 59.8 Å². The van der Waals surface area contributed by atoms with Gasteiger partial charge in [-0.3, -0.25) is 14.2 Å². The van der Waals surface area contributed by atoms with Gasteiger partial charge in [0, 0.05) is 28.9 Å². The van der Waals surface area contributed by atoms with E-state index in [2.05, 4.69) is 0 Å². The Kier molecular flexibility index (Phi) is 3.73. The molecule has 0 N–H and O–H groups in total. The van der Waals surface area contributed by atoms with Crippen molar-refractivity contribution in [2.24, 2.45) is 0 Å². The van der Waals surface area contributed by atoms with Gasteiger partial charge in [0.15, 0.2) is 5.78 Å². The first-order chi connectivity index (χ1) is 10.5. The summed E-state index contributed by atoms with van der Waals surface area (Å²) in [5.41, 5.74) is 4.33. The van der Waals surface area contributed by atoms with Crippen molar-refractivity contribution >= 4 is 5.78 Å². The molecule has 1 aliphatic carbocycles. The van der Waals surface area contributed by atoms with Crippen LogP contribution in [0.3, 0.4) is 0 Å². The van der Waals surface area contributed by atoms with Gasteiger partial charge in [-0.1, -0.05) is 31.5 Å². The second-order valence-corrected chi connectivity index (χ2v) is 6.37. The molecule has 0 radical (unpaired) electrons. The molecule has 0 atom stereocenters. The Morgan fingerprint density at radius 1 is 1.05 bits per heavy atom. The summed E-state index contributed by atoms with van der Waals surface area (Å²) in [6.45, 7) is 6.02. The van der Waals surface area contributed by atoms with Crippen molar-refractivity contribution in [3.8, 4) is 5.69 Å². The van der Waals surface area contributed by atoms with Crippen molar-refractivity contribution in [2.45, 2.75) is 46.0 Å². The fourth-order valence-corrected chi connectivity index (χ4v) is 3.09. The fourth-order valence-electron chi connectivity index (χ4n) is 3.09. The minimum Gasteiger partial charge on any atom is -0.294 e. The highest BCUT2D eigenvalue weighted by Gasteiger charge is 2.24. The SMILES string of the molecule is Cc1ccc(-n2c3c(cc(C(C)C)c2=O)C(=O)CCC3)cc1. The largest absolute Gasteiger partial charge is 0.294 e. The molecule has 3 rings (SSSR count). The normalized spacial score (nSPS) is 14.3. The molecule has 3 heteroatoms. The molecule has 0 saturated carbocycles. The molecule has 0 spiro atoms. The Hall–Kier alpha value is -2.16. The average molecular weight is 295 g/mol. The van der Waals surface area contributed by atoms with E-state index < -0.39 is 0 Å². The van der Waals surface area contributed by atoms with Crippen LogP contribution in [0.2, 0.25) is 0 Å². The molecular formula is C19H21NO2. The lowest BCUT2D eigenvalue weighted by Crippen LogP contribution is -2.30. The van der Waals surface area contributed by atoms with E-state index in [1.54, 1.807) is 4.57 Å². The van der Waals surface area contributed by atoms with Gasteiger partial charge in [0.1, 0.15) is 0 Å². The molecule has 0 bridgehead atoms. The van der Waals surface area contributed by atoms with Crippen LogP contribution in [-0.2, 0) is 6.42 Å². The number of carbonyl (C=O) groups excluding carboxylic acids is 1. The molecule has 1 aliphatic rings. The van der Waals surface area contributed by atoms with E-state index >= 15 is 0 Å². The Morgan fingerprint density at radius 2 is 1.73 bits per heavy atom. The monoisotopic (exact) mass is 295 g/mol. The number of carbonyl (C=O) groups is 1. The van der Waals surface area contributed by atoms with Gasteiger partial charge in [0.05, 0.1) is 0 Å². The van der Waals surface area contributed by atoms with Gasteiger partial charge in [0.25, 0.3) is 5.56 Å². The molecule has 1 aromatic carbocycles. The van der Waals surface area contributed by atoms with Crippen LogP contribution >= 0.6 is 0 Å². The highest BCUT2D eigenvalue weighted by atomic mass is 16.1. The lowest BCUT2D eigenvalue weighted by Gasteiger charge is -2.22. The highest BCUT2D eigenvalue weighted by molar-refractivity contribution is 5.98. The van der Waals surface area contributed by atoms with Crippen LogP contribution in [0, 0.1) is 6.92 Å².